The van der Waals surface area contributed by atoms with Crippen LogP contribution in [-0.4, -0.2) is 60.6 Å². The number of benzene rings is 1. The van der Waals surface area contributed by atoms with Gasteiger partial charge in [-0.15, -0.1) is 0 Å². The maximum atomic E-state index is 12.6. The summed E-state index contributed by atoms with van der Waals surface area (Å²) in [5.74, 6) is 5.18. The van der Waals surface area contributed by atoms with Gasteiger partial charge in [0.05, 0.1) is 6.61 Å². The average molecular weight is 418 g/mol. The van der Waals surface area contributed by atoms with E-state index < -0.39 is 5.60 Å². The normalized spacial score (nSPS) is 16.9. The summed E-state index contributed by atoms with van der Waals surface area (Å²) in [5.41, 5.74) is 2.22. The third kappa shape index (κ3) is 7.15. The van der Waals surface area contributed by atoms with E-state index in [2.05, 4.69) is 0 Å². The van der Waals surface area contributed by atoms with Crippen molar-refractivity contribution in [3.8, 4) is 0 Å². The second kappa shape index (κ2) is 10.6. The van der Waals surface area contributed by atoms with E-state index in [0.29, 0.717) is 31.6 Å². The van der Waals surface area contributed by atoms with Crippen LogP contribution in [0.25, 0.3) is 0 Å². The average Bonchev–Trinajstić information content (AvgIpc) is 3.12. The van der Waals surface area contributed by atoms with Gasteiger partial charge in [0.25, 0.3) is 0 Å². The molecule has 1 aliphatic heterocycles. The van der Waals surface area contributed by atoms with Crippen molar-refractivity contribution < 1.29 is 19.2 Å². The first-order chi connectivity index (χ1) is 14.1. The van der Waals surface area contributed by atoms with Gasteiger partial charge in [0.2, 0.25) is 0 Å². The Bertz CT molecular complexity index is 768. The fourth-order valence-electron chi connectivity index (χ4n) is 3.56. The Balaban J connectivity index is 2.20. The topological polar surface area (TPSA) is 85.1 Å². The van der Waals surface area contributed by atoms with Crippen molar-refractivity contribution in [1.29, 1.82) is 0 Å². The molecule has 30 heavy (non-hydrogen) atoms. The molecule has 7 heteroatoms. The number of ether oxygens (including phenoxy) is 1. The summed E-state index contributed by atoms with van der Waals surface area (Å²) in [6.45, 7) is 6.69. The van der Waals surface area contributed by atoms with Crippen LogP contribution < -0.4 is 5.90 Å². The quantitative estimate of drug-likeness (QED) is 0.397. The van der Waals surface area contributed by atoms with Crippen molar-refractivity contribution in [3.05, 3.63) is 47.2 Å². The smallest absolute Gasteiger partial charge is 0.410 e. The van der Waals surface area contributed by atoms with E-state index in [1.165, 1.54) is 0 Å². The van der Waals surface area contributed by atoms with Gasteiger partial charge in [0.15, 0.2) is 5.78 Å². The molecule has 1 aromatic carbocycles. The molecule has 7 nitrogen and oxygen atoms in total. The number of allylic oxidation sites excluding steroid dienone is 1. The van der Waals surface area contributed by atoms with Crippen LogP contribution in [0, 0.1) is 0 Å². The van der Waals surface area contributed by atoms with Crippen LogP contribution in [-0.2, 0) is 22.4 Å². The van der Waals surface area contributed by atoms with Gasteiger partial charge >= 0.3 is 6.09 Å². The van der Waals surface area contributed by atoms with E-state index in [4.69, 9.17) is 15.5 Å². The molecule has 0 saturated carbocycles. The lowest BCUT2D eigenvalue weighted by atomic mass is 9.94. The Morgan fingerprint density at radius 3 is 2.63 bits per heavy atom. The van der Waals surface area contributed by atoms with Gasteiger partial charge in [0, 0.05) is 44.5 Å². The lowest BCUT2D eigenvalue weighted by molar-refractivity contribution is 0.0226. The maximum Gasteiger partial charge on any atom is 0.410 e. The molecule has 1 aliphatic rings. The Hall–Kier alpha value is -2.38. The lowest BCUT2D eigenvalue weighted by Gasteiger charge is -2.29. The molecule has 0 aromatic heterocycles. The SMILES string of the molecule is CN(C)/C=C/C(=O)c1ccc(CC2CCCN2C(=O)OC(C)(C)C)c(CCON)c1. The van der Waals surface area contributed by atoms with Crippen molar-refractivity contribution in [2.24, 2.45) is 5.90 Å². The largest absolute Gasteiger partial charge is 0.444 e. The van der Waals surface area contributed by atoms with E-state index in [1.807, 2.05) is 62.9 Å². The molecular formula is C23H35N3O4. The number of nitrogens with zero attached hydrogens (tertiary/aromatic N) is 2. The summed E-state index contributed by atoms with van der Waals surface area (Å²) in [7, 11) is 3.74. The Kier molecular flexibility index (Phi) is 8.43. The molecule has 0 aliphatic carbocycles. The number of amides is 1. The van der Waals surface area contributed by atoms with Crippen molar-refractivity contribution in [2.45, 2.75) is 58.1 Å². The molecule has 2 rings (SSSR count). The van der Waals surface area contributed by atoms with Gasteiger partial charge in [0.1, 0.15) is 5.60 Å². The Labute approximate surface area is 179 Å². The zero-order valence-electron chi connectivity index (χ0n) is 18.8. The number of rotatable bonds is 8. The molecule has 2 N–H and O–H groups in total. The van der Waals surface area contributed by atoms with Crippen LogP contribution in [0.3, 0.4) is 0 Å². The number of carbonyl (C=O) groups excluding carboxylic acids is 2. The highest BCUT2D eigenvalue weighted by atomic mass is 16.6. The van der Waals surface area contributed by atoms with Crippen molar-refractivity contribution in [2.75, 3.05) is 27.2 Å². The van der Waals surface area contributed by atoms with Crippen LogP contribution in [0.5, 0.6) is 0 Å². The van der Waals surface area contributed by atoms with Gasteiger partial charge in [-0.2, -0.15) is 0 Å². The third-order valence-electron chi connectivity index (χ3n) is 4.96. The first-order valence-corrected chi connectivity index (χ1v) is 10.4. The number of hydrogen-bond acceptors (Lipinski definition) is 6. The highest BCUT2D eigenvalue weighted by Gasteiger charge is 2.32. The maximum absolute atomic E-state index is 12.6. The monoisotopic (exact) mass is 417 g/mol. The van der Waals surface area contributed by atoms with Gasteiger partial charge in [-0.1, -0.05) is 12.1 Å². The predicted octanol–water partition coefficient (Wildman–Crippen LogP) is 3.32. The minimum absolute atomic E-state index is 0.0542. The number of ketones is 1. The highest BCUT2D eigenvalue weighted by Crippen LogP contribution is 2.26. The molecular weight excluding hydrogens is 382 g/mol. The molecule has 1 aromatic rings. The van der Waals surface area contributed by atoms with Crippen LogP contribution >= 0.6 is 0 Å². The van der Waals surface area contributed by atoms with Gasteiger partial charge < -0.3 is 19.4 Å². The summed E-state index contributed by atoms with van der Waals surface area (Å²) in [6.07, 6.45) is 6.22. The third-order valence-corrected chi connectivity index (χ3v) is 4.96. The van der Waals surface area contributed by atoms with E-state index in [-0.39, 0.29) is 17.9 Å². The van der Waals surface area contributed by atoms with E-state index in [0.717, 1.165) is 24.0 Å². The number of likely N-dealkylation sites (tertiary alicyclic amines) is 1. The standard InChI is InChI=1S/C23H35N3O4/c1-23(2,3)30-22(28)26-12-6-7-20(26)16-17-8-9-19(15-18(17)11-14-29-24)21(27)10-13-25(4)5/h8-10,13,15,20H,6-7,11-12,14,16,24H2,1-5H3/b13-10+. The fourth-order valence-corrected chi connectivity index (χ4v) is 3.56. The molecule has 1 heterocycles. The number of hydrogen-bond donors (Lipinski definition) is 1. The molecule has 166 valence electrons. The molecule has 0 bridgehead atoms. The van der Waals surface area contributed by atoms with Gasteiger partial charge in [-0.05, 0) is 63.6 Å². The highest BCUT2D eigenvalue weighted by molar-refractivity contribution is 6.04. The zero-order chi connectivity index (χ0) is 22.3. The van der Waals surface area contributed by atoms with E-state index in [9.17, 15) is 9.59 Å². The first kappa shape index (κ1) is 23.9. The van der Waals surface area contributed by atoms with E-state index >= 15 is 0 Å². The lowest BCUT2D eigenvalue weighted by Crippen LogP contribution is -2.40. The molecule has 1 fully saturated rings. The Morgan fingerprint density at radius 1 is 1.27 bits per heavy atom. The fraction of sp³-hybridized carbons (Fsp3) is 0.565. The van der Waals surface area contributed by atoms with Crippen LogP contribution in [0.1, 0.15) is 55.1 Å². The molecule has 1 saturated heterocycles. The van der Waals surface area contributed by atoms with Crippen molar-refractivity contribution in [1.82, 2.24) is 9.80 Å². The van der Waals surface area contributed by atoms with Crippen molar-refractivity contribution in [3.63, 3.8) is 0 Å². The second-order valence-corrected chi connectivity index (χ2v) is 8.92. The number of nitrogens with two attached hydrogens (primary N) is 1. The number of carbonyl (C=O) groups is 2. The minimum atomic E-state index is -0.518. The summed E-state index contributed by atoms with van der Waals surface area (Å²) in [6, 6.07) is 5.81. The molecule has 1 atom stereocenters. The van der Waals surface area contributed by atoms with Crippen molar-refractivity contribution >= 4 is 11.9 Å². The van der Waals surface area contributed by atoms with Crippen LogP contribution in [0.15, 0.2) is 30.5 Å². The Morgan fingerprint density at radius 2 is 2.00 bits per heavy atom. The zero-order valence-corrected chi connectivity index (χ0v) is 18.8. The van der Waals surface area contributed by atoms with Crippen LogP contribution in [0.4, 0.5) is 4.79 Å². The van der Waals surface area contributed by atoms with Gasteiger partial charge in [-0.25, -0.2) is 10.7 Å². The summed E-state index contributed by atoms with van der Waals surface area (Å²) >= 11 is 0. The molecule has 0 radical (unpaired) electrons. The molecule has 1 unspecified atom stereocenters. The van der Waals surface area contributed by atoms with Gasteiger partial charge in [-0.3, -0.25) is 4.79 Å². The first-order valence-electron chi connectivity index (χ1n) is 10.4. The van der Waals surface area contributed by atoms with E-state index in [1.54, 1.807) is 12.3 Å². The second-order valence-electron chi connectivity index (χ2n) is 8.92. The summed E-state index contributed by atoms with van der Waals surface area (Å²) in [4.78, 5) is 33.5. The molecule has 0 spiro atoms. The minimum Gasteiger partial charge on any atom is -0.444 e. The summed E-state index contributed by atoms with van der Waals surface area (Å²) in [5, 5.41) is 0. The molecule has 1 amide bonds. The summed E-state index contributed by atoms with van der Waals surface area (Å²) < 4.78 is 5.58. The predicted molar refractivity (Wildman–Crippen MR) is 117 cm³/mol. The van der Waals surface area contributed by atoms with Crippen LogP contribution in [0.2, 0.25) is 0 Å².